The standard InChI is InChI=1S/C20H22N4O3/c1-13-11-17(22-27-13)18-9-5-6-10-23(18)19(25)12-24-20(26)16-8-4-3-7-15(16)14(2)21-24/h3-4,7-8,11,18H,5-6,9-10,12H2,1-2H3. The predicted octanol–water partition coefficient (Wildman–Crippen LogP) is 2.76. The Morgan fingerprint density at radius 3 is 2.74 bits per heavy atom. The molecule has 27 heavy (non-hydrogen) atoms. The maximum Gasteiger partial charge on any atom is 0.275 e. The third-order valence-corrected chi connectivity index (χ3v) is 5.15. The van der Waals surface area contributed by atoms with Gasteiger partial charge in [0.15, 0.2) is 0 Å². The van der Waals surface area contributed by atoms with Crippen LogP contribution in [0.4, 0.5) is 0 Å². The number of likely N-dealkylation sites (tertiary alicyclic amines) is 1. The van der Waals surface area contributed by atoms with Crippen LogP contribution in [0.5, 0.6) is 0 Å². The van der Waals surface area contributed by atoms with Crippen molar-refractivity contribution in [2.75, 3.05) is 6.54 Å². The number of carbonyl (C=O) groups excluding carboxylic acids is 1. The van der Waals surface area contributed by atoms with Crippen molar-refractivity contribution in [2.24, 2.45) is 0 Å². The molecule has 4 rings (SSSR count). The molecule has 0 bridgehead atoms. The molecule has 3 heterocycles. The van der Waals surface area contributed by atoms with Crippen molar-refractivity contribution < 1.29 is 9.32 Å². The Bertz CT molecular complexity index is 1050. The van der Waals surface area contributed by atoms with Gasteiger partial charge >= 0.3 is 0 Å². The number of nitrogens with zero attached hydrogens (tertiary/aromatic N) is 4. The van der Waals surface area contributed by atoms with Crippen molar-refractivity contribution in [1.82, 2.24) is 19.8 Å². The molecule has 2 aromatic heterocycles. The molecule has 1 amide bonds. The Hall–Kier alpha value is -2.96. The van der Waals surface area contributed by atoms with Gasteiger partial charge in [-0.2, -0.15) is 5.10 Å². The van der Waals surface area contributed by atoms with E-state index in [1.54, 1.807) is 11.0 Å². The molecule has 1 aliphatic heterocycles. The molecule has 1 aromatic carbocycles. The minimum atomic E-state index is -0.240. The van der Waals surface area contributed by atoms with E-state index in [4.69, 9.17) is 4.52 Å². The molecule has 140 valence electrons. The lowest BCUT2D eigenvalue weighted by atomic mass is 9.99. The van der Waals surface area contributed by atoms with E-state index in [-0.39, 0.29) is 24.1 Å². The Morgan fingerprint density at radius 1 is 1.22 bits per heavy atom. The molecule has 0 saturated carbocycles. The lowest BCUT2D eigenvalue weighted by Crippen LogP contribution is -2.42. The van der Waals surface area contributed by atoms with Gasteiger partial charge in [0.25, 0.3) is 5.56 Å². The first-order chi connectivity index (χ1) is 13.0. The summed E-state index contributed by atoms with van der Waals surface area (Å²) in [7, 11) is 0. The quantitative estimate of drug-likeness (QED) is 0.712. The SMILES string of the molecule is Cc1cc(C2CCCCN2C(=O)Cn2nc(C)c3ccccc3c2=O)no1. The highest BCUT2D eigenvalue weighted by Gasteiger charge is 2.30. The largest absolute Gasteiger partial charge is 0.361 e. The zero-order valence-electron chi connectivity index (χ0n) is 15.5. The van der Waals surface area contributed by atoms with Crippen molar-refractivity contribution in [3.63, 3.8) is 0 Å². The number of fused-ring (bicyclic) bond motifs is 1. The maximum absolute atomic E-state index is 13.0. The van der Waals surface area contributed by atoms with Gasteiger partial charge in [0.05, 0.1) is 17.1 Å². The van der Waals surface area contributed by atoms with E-state index < -0.39 is 0 Å². The van der Waals surface area contributed by atoms with Crippen LogP contribution in [0.15, 0.2) is 39.6 Å². The summed E-state index contributed by atoms with van der Waals surface area (Å²) in [6, 6.07) is 9.11. The van der Waals surface area contributed by atoms with E-state index in [0.29, 0.717) is 11.9 Å². The second kappa shape index (κ2) is 6.98. The minimum Gasteiger partial charge on any atom is -0.361 e. The van der Waals surface area contributed by atoms with Gasteiger partial charge in [-0.25, -0.2) is 4.68 Å². The number of amides is 1. The molecule has 7 nitrogen and oxygen atoms in total. The highest BCUT2D eigenvalue weighted by molar-refractivity contribution is 5.83. The molecule has 0 radical (unpaired) electrons. The number of rotatable bonds is 3. The summed E-state index contributed by atoms with van der Waals surface area (Å²) >= 11 is 0. The molecule has 7 heteroatoms. The molecule has 0 spiro atoms. The average molecular weight is 366 g/mol. The van der Waals surface area contributed by atoms with Crippen LogP contribution in [-0.4, -0.2) is 32.3 Å². The lowest BCUT2D eigenvalue weighted by molar-refractivity contribution is -0.136. The highest BCUT2D eigenvalue weighted by atomic mass is 16.5. The third-order valence-electron chi connectivity index (χ3n) is 5.15. The topological polar surface area (TPSA) is 81.2 Å². The zero-order valence-corrected chi connectivity index (χ0v) is 15.5. The van der Waals surface area contributed by atoms with E-state index >= 15 is 0 Å². The molecule has 3 aromatic rings. The van der Waals surface area contributed by atoms with Crippen LogP contribution in [-0.2, 0) is 11.3 Å². The van der Waals surface area contributed by atoms with E-state index in [2.05, 4.69) is 10.3 Å². The zero-order chi connectivity index (χ0) is 19.0. The highest BCUT2D eigenvalue weighted by Crippen LogP contribution is 2.30. The summed E-state index contributed by atoms with van der Waals surface area (Å²) < 4.78 is 6.47. The van der Waals surface area contributed by atoms with E-state index in [1.165, 1.54) is 4.68 Å². The minimum absolute atomic E-state index is 0.0716. The van der Waals surface area contributed by atoms with Gasteiger partial charge in [0, 0.05) is 18.0 Å². The number of benzene rings is 1. The van der Waals surface area contributed by atoms with E-state index in [9.17, 15) is 9.59 Å². The number of aromatic nitrogens is 3. The number of hydrogen-bond donors (Lipinski definition) is 0. The summed E-state index contributed by atoms with van der Waals surface area (Å²) in [5, 5.41) is 9.86. The summed E-state index contributed by atoms with van der Waals surface area (Å²) in [6.07, 6.45) is 2.82. The van der Waals surface area contributed by atoms with Crippen LogP contribution >= 0.6 is 0 Å². The van der Waals surface area contributed by atoms with Gasteiger partial charge in [-0.1, -0.05) is 23.4 Å². The second-order valence-corrected chi connectivity index (χ2v) is 7.05. The number of aryl methyl sites for hydroxylation is 2. The Kier molecular flexibility index (Phi) is 4.51. The fourth-order valence-corrected chi connectivity index (χ4v) is 3.81. The van der Waals surface area contributed by atoms with Gasteiger partial charge in [-0.3, -0.25) is 9.59 Å². The van der Waals surface area contributed by atoms with E-state index in [0.717, 1.165) is 41.8 Å². The molecule has 1 aliphatic rings. The lowest BCUT2D eigenvalue weighted by Gasteiger charge is -2.34. The third kappa shape index (κ3) is 3.25. The van der Waals surface area contributed by atoms with Crippen molar-refractivity contribution in [3.8, 4) is 0 Å². The van der Waals surface area contributed by atoms with Crippen LogP contribution in [0.2, 0.25) is 0 Å². The van der Waals surface area contributed by atoms with Gasteiger partial charge in [-0.15, -0.1) is 0 Å². The summed E-state index contributed by atoms with van der Waals surface area (Å²) in [5.41, 5.74) is 1.27. The van der Waals surface area contributed by atoms with Crippen molar-refractivity contribution in [2.45, 2.75) is 45.7 Å². The first kappa shape index (κ1) is 17.5. The number of carbonyl (C=O) groups is 1. The molecule has 1 saturated heterocycles. The second-order valence-electron chi connectivity index (χ2n) is 7.05. The Morgan fingerprint density at radius 2 is 2.00 bits per heavy atom. The average Bonchev–Trinajstić information content (AvgIpc) is 3.12. The first-order valence-corrected chi connectivity index (χ1v) is 9.24. The Labute approximate surface area is 156 Å². The van der Waals surface area contributed by atoms with Gasteiger partial charge in [0.2, 0.25) is 5.91 Å². The summed E-state index contributed by atoms with van der Waals surface area (Å²) in [5.74, 6) is 0.607. The molecular formula is C20H22N4O3. The molecule has 1 unspecified atom stereocenters. The van der Waals surface area contributed by atoms with Crippen molar-refractivity contribution in [1.29, 1.82) is 0 Å². The van der Waals surface area contributed by atoms with Crippen LogP contribution in [0, 0.1) is 13.8 Å². The van der Waals surface area contributed by atoms with Crippen molar-refractivity contribution >= 4 is 16.7 Å². The predicted molar refractivity (Wildman–Crippen MR) is 100 cm³/mol. The summed E-state index contributed by atoms with van der Waals surface area (Å²) in [6.45, 7) is 4.27. The normalized spacial score (nSPS) is 17.4. The number of piperidine rings is 1. The van der Waals surface area contributed by atoms with Crippen LogP contribution in [0.3, 0.4) is 0 Å². The van der Waals surface area contributed by atoms with Crippen LogP contribution < -0.4 is 5.56 Å². The first-order valence-electron chi connectivity index (χ1n) is 9.24. The fourth-order valence-electron chi connectivity index (χ4n) is 3.81. The van der Waals surface area contributed by atoms with Crippen LogP contribution in [0.25, 0.3) is 10.8 Å². The molecule has 0 aliphatic carbocycles. The Balaban J connectivity index is 1.64. The molecular weight excluding hydrogens is 344 g/mol. The molecule has 0 N–H and O–H groups in total. The number of hydrogen-bond acceptors (Lipinski definition) is 5. The maximum atomic E-state index is 13.0. The van der Waals surface area contributed by atoms with Crippen LogP contribution in [0.1, 0.15) is 42.5 Å². The van der Waals surface area contributed by atoms with Gasteiger partial charge in [0.1, 0.15) is 18.0 Å². The van der Waals surface area contributed by atoms with Gasteiger partial charge in [-0.05, 0) is 39.2 Å². The van der Waals surface area contributed by atoms with E-state index in [1.807, 2.05) is 38.1 Å². The smallest absolute Gasteiger partial charge is 0.275 e. The molecule has 1 fully saturated rings. The van der Waals surface area contributed by atoms with Crippen molar-refractivity contribution in [3.05, 3.63) is 57.8 Å². The fraction of sp³-hybridized carbons (Fsp3) is 0.400. The molecule has 1 atom stereocenters. The van der Waals surface area contributed by atoms with Gasteiger partial charge < -0.3 is 9.42 Å². The summed E-state index contributed by atoms with van der Waals surface area (Å²) in [4.78, 5) is 27.6. The monoisotopic (exact) mass is 366 g/mol.